The summed E-state index contributed by atoms with van der Waals surface area (Å²) < 4.78 is 7.38. The van der Waals surface area contributed by atoms with Gasteiger partial charge in [0.15, 0.2) is 8.32 Å². The van der Waals surface area contributed by atoms with Crippen molar-refractivity contribution in [2.75, 3.05) is 0 Å². The largest absolute Gasteiger partial charge is 0.408 e. The Bertz CT molecular complexity index is 937. The molecule has 0 saturated carbocycles. The van der Waals surface area contributed by atoms with Crippen molar-refractivity contribution in [2.24, 2.45) is 0 Å². The molecule has 196 valence electrons. The first-order valence-electron chi connectivity index (χ1n) is 12.7. The van der Waals surface area contributed by atoms with Crippen LogP contribution in [0, 0.1) is 0 Å². The zero-order chi connectivity index (χ0) is 26.6. The van der Waals surface area contributed by atoms with E-state index in [9.17, 15) is 0 Å². The van der Waals surface area contributed by atoms with Gasteiger partial charge in [0, 0.05) is 26.1 Å². The van der Waals surface area contributed by atoms with Crippen LogP contribution in [0.2, 0.25) is 28.2 Å². The van der Waals surface area contributed by atoms with Crippen LogP contribution in [0.25, 0.3) is 0 Å². The number of nitrogens with one attached hydrogen (secondary N) is 1. The molecule has 0 spiro atoms. The van der Waals surface area contributed by atoms with Crippen LogP contribution < -0.4 is 5.32 Å². The molecule has 0 amide bonds. The molecule has 35 heavy (non-hydrogen) atoms. The highest BCUT2D eigenvalue weighted by atomic mass is 35.5. The lowest BCUT2D eigenvalue weighted by Gasteiger charge is -2.43. The maximum absolute atomic E-state index is 7.19. The lowest BCUT2D eigenvalue weighted by atomic mass is 9.94. The highest BCUT2D eigenvalue weighted by Gasteiger charge is 2.42. The van der Waals surface area contributed by atoms with Gasteiger partial charge in [-0.2, -0.15) is 11.8 Å². The van der Waals surface area contributed by atoms with Crippen LogP contribution in [0.5, 0.6) is 0 Å². The Labute approximate surface area is 230 Å². The summed E-state index contributed by atoms with van der Waals surface area (Å²) >= 11 is 14.8. The molecule has 0 aliphatic rings. The average Bonchev–Trinajstić information content (AvgIpc) is 2.72. The number of thioether (sulfide) groups is 1. The van der Waals surface area contributed by atoms with E-state index in [4.69, 9.17) is 27.6 Å². The van der Waals surface area contributed by atoms with E-state index in [0.717, 1.165) is 22.0 Å². The second kappa shape index (κ2) is 12.4. The van der Waals surface area contributed by atoms with Crippen molar-refractivity contribution in [1.29, 1.82) is 0 Å². The summed E-state index contributed by atoms with van der Waals surface area (Å²) in [5, 5.41) is 6.02. The Morgan fingerprint density at radius 2 is 1.51 bits per heavy atom. The molecule has 0 bridgehead atoms. The Kier molecular flexibility index (Phi) is 10.9. The summed E-state index contributed by atoms with van der Waals surface area (Å²) in [6, 6.07) is 16.6. The van der Waals surface area contributed by atoms with Gasteiger partial charge in [0.1, 0.15) is 0 Å². The third-order valence-electron chi connectivity index (χ3n) is 6.88. The normalized spacial score (nSPS) is 16.6. The molecule has 2 rings (SSSR count). The SMILES string of the molecule is CC[C@@H](N[C@H](c1ccc(Cl)cc1)[C@H](O[Si](C)(C)C(C)(C)C)c1cccc(Cl)c1)[C@H](C)SC(C)(C)C. The van der Waals surface area contributed by atoms with E-state index >= 15 is 0 Å². The quantitative estimate of drug-likeness (QED) is 0.295. The minimum Gasteiger partial charge on any atom is -0.408 e. The third-order valence-corrected chi connectivity index (χ3v) is 13.2. The van der Waals surface area contributed by atoms with Gasteiger partial charge in [-0.05, 0) is 59.9 Å². The number of benzene rings is 2. The summed E-state index contributed by atoms with van der Waals surface area (Å²) in [5.74, 6) is 0. The topological polar surface area (TPSA) is 21.3 Å². The molecule has 2 aromatic carbocycles. The molecule has 6 heteroatoms. The van der Waals surface area contributed by atoms with E-state index in [1.165, 1.54) is 5.56 Å². The molecule has 0 aliphatic heterocycles. The first kappa shape index (κ1) is 30.7. The monoisotopic (exact) mass is 553 g/mol. The van der Waals surface area contributed by atoms with Crippen LogP contribution in [0.4, 0.5) is 0 Å². The van der Waals surface area contributed by atoms with E-state index in [0.29, 0.717) is 11.3 Å². The first-order valence-corrected chi connectivity index (χ1v) is 17.2. The zero-order valence-electron chi connectivity index (χ0n) is 23.2. The molecule has 0 fully saturated rings. The van der Waals surface area contributed by atoms with Crippen molar-refractivity contribution in [3.05, 3.63) is 69.7 Å². The molecular formula is C29H45Cl2NOSSi. The van der Waals surface area contributed by atoms with Gasteiger partial charge in [-0.15, -0.1) is 0 Å². The van der Waals surface area contributed by atoms with Crippen molar-refractivity contribution in [3.8, 4) is 0 Å². The number of rotatable bonds is 10. The highest BCUT2D eigenvalue weighted by molar-refractivity contribution is 8.01. The molecule has 0 unspecified atom stereocenters. The lowest BCUT2D eigenvalue weighted by molar-refractivity contribution is 0.129. The van der Waals surface area contributed by atoms with Crippen LogP contribution >= 0.6 is 35.0 Å². The first-order chi connectivity index (χ1) is 16.0. The van der Waals surface area contributed by atoms with Crippen molar-refractivity contribution < 1.29 is 4.43 Å². The van der Waals surface area contributed by atoms with Gasteiger partial charge in [-0.1, -0.05) is 103 Å². The molecule has 4 atom stereocenters. The van der Waals surface area contributed by atoms with Crippen LogP contribution in [0.15, 0.2) is 48.5 Å². The molecule has 0 aliphatic carbocycles. The summed E-state index contributed by atoms with van der Waals surface area (Å²) in [5.41, 5.74) is 2.27. The summed E-state index contributed by atoms with van der Waals surface area (Å²) in [6.45, 7) is 22.9. The van der Waals surface area contributed by atoms with E-state index in [1.54, 1.807) is 0 Å². The van der Waals surface area contributed by atoms with Gasteiger partial charge in [0.25, 0.3) is 0 Å². The summed E-state index contributed by atoms with van der Waals surface area (Å²) in [6.07, 6.45) is 0.841. The molecule has 0 saturated heterocycles. The highest BCUT2D eigenvalue weighted by Crippen LogP contribution is 2.44. The Hall–Kier alpha value is -0.493. The Morgan fingerprint density at radius 1 is 0.914 bits per heavy atom. The minimum absolute atomic E-state index is 0.0483. The molecule has 2 aromatic rings. The van der Waals surface area contributed by atoms with Crippen molar-refractivity contribution in [3.63, 3.8) is 0 Å². The third kappa shape index (κ3) is 9.09. The van der Waals surface area contributed by atoms with E-state index in [2.05, 4.69) is 98.1 Å². The van der Waals surface area contributed by atoms with Gasteiger partial charge >= 0.3 is 0 Å². The van der Waals surface area contributed by atoms with E-state index in [-0.39, 0.29) is 21.9 Å². The second-order valence-corrected chi connectivity index (χ2v) is 19.8. The van der Waals surface area contributed by atoms with E-state index < -0.39 is 8.32 Å². The maximum Gasteiger partial charge on any atom is 0.193 e. The molecular weight excluding hydrogens is 509 g/mol. The number of hydrogen-bond acceptors (Lipinski definition) is 3. The fourth-order valence-corrected chi connectivity index (χ4v) is 7.13. The fraction of sp³-hybridized carbons (Fsp3) is 0.586. The predicted octanol–water partition coefficient (Wildman–Crippen LogP) is 10.1. The van der Waals surface area contributed by atoms with Gasteiger partial charge < -0.3 is 9.74 Å². The van der Waals surface area contributed by atoms with Gasteiger partial charge in [0.2, 0.25) is 0 Å². The lowest BCUT2D eigenvalue weighted by Crippen LogP contribution is -2.47. The second-order valence-electron chi connectivity index (χ2n) is 12.0. The van der Waals surface area contributed by atoms with Crippen LogP contribution in [0.3, 0.4) is 0 Å². The van der Waals surface area contributed by atoms with Crippen LogP contribution in [-0.2, 0) is 4.43 Å². The van der Waals surface area contributed by atoms with Crippen molar-refractivity contribution in [2.45, 2.75) is 108 Å². The van der Waals surface area contributed by atoms with Crippen molar-refractivity contribution in [1.82, 2.24) is 5.32 Å². The molecule has 0 heterocycles. The average molecular weight is 555 g/mol. The summed E-state index contributed by atoms with van der Waals surface area (Å²) in [7, 11) is -2.12. The number of halogens is 2. The molecule has 0 radical (unpaired) electrons. The van der Waals surface area contributed by atoms with Gasteiger partial charge in [0.05, 0.1) is 12.1 Å². The van der Waals surface area contributed by atoms with Crippen LogP contribution in [0.1, 0.15) is 85.1 Å². The van der Waals surface area contributed by atoms with Gasteiger partial charge in [-0.3, -0.25) is 0 Å². The molecule has 1 N–H and O–H groups in total. The van der Waals surface area contributed by atoms with Gasteiger partial charge in [-0.25, -0.2) is 0 Å². The smallest absolute Gasteiger partial charge is 0.193 e. The molecule has 0 aromatic heterocycles. The zero-order valence-corrected chi connectivity index (χ0v) is 26.5. The molecule has 2 nitrogen and oxygen atoms in total. The minimum atomic E-state index is -2.12. The Morgan fingerprint density at radius 3 is 2.00 bits per heavy atom. The van der Waals surface area contributed by atoms with Crippen LogP contribution in [-0.4, -0.2) is 24.4 Å². The maximum atomic E-state index is 7.19. The summed E-state index contributed by atoms with van der Waals surface area (Å²) in [4.78, 5) is 0. The Balaban J connectivity index is 2.61. The van der Waals surface area contributed by atoms with E-state index in [1.807, 2.05) is 36.0 Å². The predicted molar refractivity (Wildman–Crippen MR) is 161 cm³/mol. The number of hydrogen-bond donors (Lipinski definition) is 1. The van der Waals surface area contributed by atoms with Crippen molar-refractivity contribution >= 4 is 43.3 Å². The standard InChI is InChI=1S/C29H45Cl2NOSSi/c1-11-25(20(2)34-28(3,4)5)32-26(21-15-17-23(30)18-16-21)27(22-13-12-14-24(31)19-22)33-35(9,10)29(6,7)8/h12-20,25-27,32H,11H2,1-10H3/t20-,25+,26+,27+/m0/s1. The fourth-order valence-electron chi connectivity index (χ4n) is 3.99.